The highest BCUT2D eigenvalue weighted by atomic mass is 35.5. The second kappa shape index (κ2) is 4.27. The zero-order valence-corrected chi connectivity index (χ0v) is 10.6. The number of hydrogen-bond acceptors (Lipinski definition) is 2. The van der Waals surface area contributed by atoms with Crippen molar-refractivity contribution in [3.8, 4) is 5.75 Å². The lowest BCUT2D eigenvalue weighted by molar-refractivity contribution is 0.408. The number of ether oxygens (including phenoxy) is 1. The monoisotopic (exact) mass is 239 g/mol. The van der Waals surface area contributed by atoms with Crippen LogP contribution in [-0.2, 0) is 5.54 Å². The van der Waals surface area contributed by atoms with E-state index in [1.54, 1.807) is 7.11 Å². The van der Waals surface area contributed by atoms with E-state index in [2.05, 4.69) is 6.92 Å². The molecule has 0 atom stereocenters. The van der Waals surface area contributed by atoms with E-state index in [0.29, 0.717) is 5.02 Å². The Balaban J connectivity index is 2.47. The molecule has 1 saturated carbocycles. The Hall–Kier alpha value is -0.730. The van der Waals surface area contributed by atoms with Gasteiger partial charge in [-0.3, -0.25) is 0 Å². The van der Waals surface area contributed by atoms with Crippen LogP contribution in [0.1, 0.15) is 36.8 Å². The van der Waals surface area contributed by atoms with Crippen molar-refractivity contribution >= 4 is 11.6 Å². The summed E-state index contributed by atoms with van der Waals surface area (Å²) >= 11 is 6.09. The van der Waals surface area contributed by atoms with Crippen molar-refractivity contribution in [3.05, 3.63) is 28.3 Å². The molecule has 1 aliphatic carbocycles. The van der Waals surface area contributed by atoms with E-state index in [9.17, 15) is 0 Å². The zero-order valence-electron chi connectivity index (χ0n) is 9.85. The number of aryl methyl sites for hydroxylation is 1. The topological polar surface area (TPSA) is 35.2 Å². The molecular weight excluding hydrogens is 222 g/mol. The quantitative estimate of drug-likeness (QED) is 0.859. The standard InChI is InChI=1S/C13H18ClNO/c1-9-7-11(14)12(16-2)8-10(9)13(15)5-3-4-6-13/h7-8H,3-6,15H2,1-2H3. The molecule has 0 amide bonds. The molecule has 0 saturated heterocycles. The maximum absolute atomic E-state index is 6.46. The molecule has 0 bridgehead atoms. The molecule has 2 N–H and O–H groups in total. The average Bonchev–Trinajstić information content (AvgIpc) is 2.66. The van der Waals surface area contributed by atoms with Crippen LogP contribution in [0.4, 0.5) is 0 Å². The summed E-state index contributed by atoms with van der Waals surface area (Å²) in [5, 5.41) is 0.658. The van der Waals surface area contributed by atoms with E-state index in [0.717, 1.165) is 24.2 Å². The van der Waals surface area contributed by atoms with Gasteiger partial charge < -0.3 is 10.5 Å². The molecule has 0 unspecified atom stereocenters. The summed E-state index contributed by atoms with van der Waals surface area (Å²) in [5.74, 6) is 0.721. The molecule has 2 rings (SSSR count). The van der Waals surface area contributed by atoms with Crippen molar-refractivity contribution in [2.45, 2.75) is 38.1 Å². The van der Waals surface area contributed by atoms with E-state index < -0.39 is 0 Å². The SMILES string of the molecule is COc1cc(C2(N)CCCC2)c(C)cc1Cl. The normalized spacial score (nSPS) is 18.8. The summed E-state index contributed by atoms with van der Waals surface area (Å²) in [5.41, 5.74) is 8.63. The van der Waals surface area contributed by atoms with Crippen LogP contribution >= 0.6 is 11.6 Å². The van der Waals surface area contributed by atoms with E-state index in [-0.39, 0.29) is 5.54 Å². The first kappa shape index (κ1) is 11.7. The summed E-state index contributed by atoms with van der Waals surface area (Å²) in [4.78, 5) is 0. The maximum Gasteiger partial charge on any atom is 0.137 e. The number of nitrogens with two attached hydrogens (primary N) is 1. The Morgan fingerprint density at radius 3 is 2.50 bits per heavy atom. The fraction of sp³-hybridized carbons (Fsp3) is 0.538. The minimum absolute atomic E-state index is 0.179. The van der Waals surface area contributed by atoms with Crippen molar-refractivity contribution in [1.82, 2.24) is 0 Å². The fourth-order valence-electron chi connectivity index (χ4n) is 2.62. The Labute approximate surface area is 102 Å². The summed E-state index contributed by atoms with van der Waals surface area (Å²) in [7, 11) is 1.64. The summed E-state index contributed by atoms with van der Waals surface area (Å²) in [6.45, 7) is 2.06. The highest BCUT2D eigenvalue weighted by Crippen LogP contribution is 2.40. The lowest BCUT2D eigenvalue weighted by Gasteiger charge is -2.27. The number of hydrogen-bond donors (Lipinski definition) is 1. The molecule has 1 fully saturated rings. The number of benzene rings is 1. The molecule has 0 aromatic heterocycles. The smallest absolute Gasteiger partial charge is 0.137 e. The average molecular weight is 240 g/mol. The minimum Gasteiger partial charge on any atom is -0.495 e. The summed E-state index contributed by atoms with van der Waals surface area (Å²) in [6.07, 6.45) is 4.53. The van der Waals surface area contributed by atoms with E-state index in [1.165, 1.54) is 18.4 Å². The minimum atomic E-state index is -0.179. The maximum atomic E-state index is 6.46. The second-order valence-corrected chi connectivity index (χ2v) is 5.07. The van der Waals surface area contributed by atoms with Crippen LogP contribution in [0.5, 0.6) is 5.75 Å². The molecule has 3 heteroatoms. The van der Waals surface area contributed by atoms with Crippen molar-refractivity contribution in [3.63, 3.8) is 0 Å². The van der Waals surface area contributed by atoms with Gasteiger partial charge in [0.2, 0.25) is 0 Å². The second-order valence-electron chi connectivity index (χ2n) is 4.66. The van der Waals surface area contributed by atoms with Gasteiger partial charge in [-0.05, 0) is 43.0 Å². The lowest BCUT2D eigenvalue weighted by Crippen LogP contribution is -2.33. The van der Waals surface area contributed by atoms with Crippen molar-refractivity contribution in [2.75, 3.05) is 7.11 Å². The van der Waals surface area contributed by atoms with Gasteiger partial charge in [-0.1, -0.05) is 24.4 Å². The highest BCUT2D eigenvalue weighted by Gasteiger charge is 2.33. The van der Waals surface area contributed by atoms with Gasteiger partial charge >= 0.3 is 0 Å². The number of halogens is 1. The molecule has 88 valence electrons. The van der Waals surface area contributed by atoms with Gasteiger partial charge in [0.25, 0.3) is 0 Å². The first-order valence-electron chi connectivity index (χ1n) is 5.70. The van der Waals surface area contributed by atoms with E-state index in [4.69, 9.17) is 22.1 Å². The van der Waals surface area contributed by atoms with Crippen LogP contribution < -0.4 is 10.5 Å². The first-order valence-corrected chi connectivity index (χ1v) is 6.08. The van der Waals surface area contributed by atoms with Gasteiger partial charge in [0.1, 0.15) is 5.75 Å². The van der Waals surface area contributed by atoms with Crippen LogP contribution in [0.2, 0.25) is 5.02 Å². The predicted octanol–water partition coefficient (Wildman–Crippen LogP) is 3.39. The van der Waals surface area contributed by atoms with Crippen LogP contribution in [-0.4, -0.2) is 7.11 Å². The lowest BCUT2D eigenvalue weighted by atomic mass is 9.86. The first-order chi connectivity index (χ1) is 7.57. The third kappa shape index (κ3) is 1.92. The Kier molecular flexibility index (Phi) is 3.13. The summed E-state index contributed by atoms with van der Waals surface area (Å²) < 4.78 is 5.26. The molecule has 0 aliphatic heterocycles. The third-order valence-electron chi connectivity index (χ3n) is 3.53. The van der Waals surface area contributed by atoms with Crippen LogP contribution in [0, 0.1) is 6.92 Å². The third-order valence-corrected chi connectivity index (χ3v) is 3.83. The van der Waals surface area contributed by atoms with Gasteiger partial charge in [0.05, 0.1) is 12.1 Å². The molecule has 1 aromatic carbocycles. The molecular formula is C13H18ClNO. The zero-order chi connectivity index (χ0) is 11.8. The van der Waals surface area contributed by atoms with Crippen LogP contribution in [0.25, 0.3) is 0 Å². The molecule has 16 heavy (non-hydrogen) atoms. The molecule has 1 aromatic rings. The van der Waals surface area contributed by atoms with Crippen LogP contribution in [0.15, 0.2) is 12.1 Å². The van der Waals surface area contributed by atoms with Crippen LogP contribution in [0.3, 0.4) is 0 Å². The van der Waals surface area contributed by atoms with Gasteiger partial charge in [-0.2, -0.15) is 0 Å². The van der Waals surface area contributed by atoms with E-state index in [1.807, 2.05) is 12.1 Å². The Morgan fingerprint density at radius 1 is 1.31 bits per heavy atom. The van der Waals surface area contributed by atoms with Gasteiger partial charge in [0, 0.05) is 5.54 Å². The fourth-order valence-corrected chi connectivity index (χ4v) is 2.92. The van der Waals surface area contributed by atoms with Gasteiger partial charge in [-0.15, -0.1) is 0 Å². The Bertz CT molecular complexity index is 397. The van der Waals surface area contributed by atoms with E-state index >= 15 is 0 Å². The largest absolute Gasteiger partial charge is 0.495 e. The van der Waals surface area contributed by atoms with Crippen molar-refractivity contribution < 1.29 is 4.74 Å². The summed E-state index contributed by atoms with van der Waals surface area (Å²) in [6, 6.07) is 3.95. The number of rotatable bonds is 2. The number of methoxy groups -OCH3 is 1. The van der Waals surface area contributed by atoms with Crippen molar-refractivity contribution in [1.29, 1.82) is 0 Å². The van der Waals surface area contributed by atoms with Crippen molar-refractivity contribution in [2.24, 2.45) is 5.73 Å². The highest BCUT2D eigenvalue weighted by molar-refractivity contribution is 6.32. The van der Waals surface area contributed by atoms with Gasteiger partial charge in [-0.25, -0.2) is 0 Å². The molecule has 0 radical (unpaired) electrons. The van der Waals surface area contributed by atoms with Gasteiger partial charge in [0.15, 0.2) is 0 Å². The molecule has 0 heterocycles. The predicted molar refractivity (Wildman–Crippen MR) is 67.1 cm³/mol. The molecule has 2 nitrogen and oxygen atoms in total. The molecule has 1 aliphatic rings. The molecule has 0 spiro atoms. The Morgan fingerprint density at radius 2 is 1.94 bits per heavy atom.